The van der Waals surface area contributed by atoms with Crippen LogP contribution in [0.2, 0.25) is 0 Å². The number of rotatable bonds is 1. The number of ether oxygens (including phenoxy) is 1. The SMILES string of the molecule is CC(=O)O[C@H]1CC[C@]2(C)[C@H]3CC[C@]4(C)CCC[C@H]4[C@@H]3CC(=O)[C@@]2(O)C1. The molecule has 4 aliphatic carbocycles. The number of hydrogen-bond donors (Lipinski definition) is 1. The first-order valence-corrected chi connectivity index (χ1v) is 10.1. The van der Waals surface area contributed by atoms with Crippen LogP contribution in [0.3, 0.4) is 0 Å². The van der Waals surface area contributed by atoms with Crippen LogP contribution in [-0.2, 0) is 14.3 Å². The van der Waals surface area contributed by atoms with E-state index in [4.69, 9.17) is 4.74 Å². The molecular formula is C21H32O4. The number of carbonyl (C=O) groups excluding carboxylic acids is 2. The van der Waals surface area contributed by atoms with Crippen LogP contribution in [0, 0.1) is 28.6 Å². The van der Waals surface area contributed by atoms with Gasteiger partial charge in [0.1, 0.15) is 11.7 Å². The summed E-state index contributed by atoms with van der Waals surface area (Å²) in [5, 5.41) is 11.5. The van der Waals surface area contributed by atoms with Crippen molar-refractivity contribution in [3.63, 3.8) is 0 Å². The normalized spacial score (nSPS) is 52.1. The van der Waals surface area contributed by atoms with Crippen LogP contribution in [0.4, 0.5) is 0 Å². The van der Waals surface area contributed by atoms with Crippen LogP contribution >= 0.6 is 0 Å². The molecule has 0 bridgehead atoms. The number of aliphatic hydroxyl groups is 1. The second-order valence-electron chi connectivity index (χ2n) is 9.84. The highest BCUT2D eigenvalue weighted by molar-refractivity contribution is 5.89. The Balaban J connectivity index is 1.65. The van der Waals surface area contributed by atoms with Crippen LogP contribution in [0.1, 0.15) is 78.6 Å². The average Bonchev–Trinajstić information content (AvgIpc) is 2.92. The molecule has 4 heteroatoms. The first kappa shape index (κ1) is 17.5. The second kappa shape index (κ2) is 5.55. The van der Waals surface area contributed by atoms with Crippen molar-refractivity contribution in [3.05, 3.63) is 0 Å². The minimum Gasteiger partial charge on any atom is -0.462 e. The predicted octanol–water partition coefficient (Wildman–Crippen LogP) is 3.64. The average molecular weight is 348 g/mol. The number of ketones is 1. The molecule has 4 nitrogen and oxygen atoms in total. The van der Waals surface area contributed by atoms with Crippen molar-refractivity contribution in [1.29, 1.82) is 0 Å². The molecule has 25 heavy (non-hydrogen) atoms. The zero-order valence-electron chi connectivity index (χ0n) is 15.8. The molecule has 0 aliphatic heterocycles. The van der Waals surface area contributed by atoms with Gasteiger partial charge < -0.3 is 9.84 Å². The Morgan fingerprint density at radius 2 is 1.88 bits per heavy atom. The van der Waals surface area contributed by atoms with Gasteiger partial charge in [0, 0.05) is 25.2 Å². The van der Waals surface area contributed by atoms with Gasteiger partial charge in [0.2, 0.25) is 0 Å². The molecule has 0 aromatic rings. The van der Waals surface area contributed by atoms with Gasteiger partial charge in [0.05, 0.1) is 0 Å². The van der Waals surface area contributed by atoms with E-state index >= 15 is 0 Å². The lowest BCUT2D eigenvalue weighted by molar-refractivity contribution is -0.215. The molecule has 0 saturated heterocycles. The Kier molecular flexibility index (Phi) is 3.89. The topological polar surface area (TPSA) is 63.6 Å². The van der Waals surface area contributed by atoms with Crippen LogP contribution in [0.15, 0.2) is 0 Å². The van der Waals surface area contributed by atoms with E-state index in [2.05, 4.69) is 13.8 Å². The maximum Gasteiger partial charge on any atom is 0.302 e. The lowest BCUT2D eigenvalue weighted by atomic mass is 9.43. The molecule has 0 aromatic carbocycles. The Labute approximate surface area is 150 Å². The van der Waals surface area contributed by atoms with E-state index in [0.717, 1.165) is 19.3 Å². The van der Waals surface area contributed by atoms with Gasteiger partial charge in [-0.25, -0.2) is 0 Å². The minimum absolute atomic E-state index is 0.00394. The first-order valence-electron chi connectivity index (χ1n) is 10.1. The lowest BCUT2D eigenvalue weighted by Gasteiger charge is -2.62. The number of esters is 1. The molecular weight excluding hydrogens is 316 g/mol. The van der Waals surface area contributed by atoms with E-state index in [1.54, 1.807) is 0 Å². The third-order valence-corrected chi connectivity index (χ3v) is 8.71. The Morgan fingerprint density at radius 1 is 1.12 bits per heavy atom. The van der Waals surface area contributed by atoms with Crippen LogP contribution in [-0.4, -0.2) is 28.6 Å². The van der Waals surface area contributed by atoms with Gasteiger partial charge in [0.25, 0.3) is 0 Å². The highest BCUT2D eigenvalue weighted by Crippen LogP contribution is 2.66. The predicted molar refractivity (Wildman–Crippen MR) is 93.7 cm³/mol. The van der Waals surface area contributed by atoms with Crippen molar-refractivity contribution in [3.8, 4) is 0 Å². The molecule has 4 saturated carbocycles. The van der Waals surface area contributed by atoms with E-state index in [9.17, 15) is 14.7 Å². The summed E-state index contributed by atoms with van der Waals surface area (Å²) in [6.45, 7) is 5.97. The van der Waals surface area contributed by atoms with E-state index < -0.39 is 5.60 Å². The van der Waals surface area contributed by atoms with E-state index in [0.29, 0.717) is 29.6 Å². The molecule has 0 radical (unpaired) electrons. The number of hydrogen-bond acceptors (Lipinski definition) is 4. The summed E-state index contributed by atoms with van der Waals surface area (Å²) in [4.78, 5) is 24.5. The fraction of sp³-hybridized carbons (Fsp3) is 0.905. The van der Waals surface area contributed by atoms with Crippen LogP contribution in [0.25, 0.3) is 0 Å². The van der Waals surface area contributed by atoms with Gasteiger partial charge in [-0.15, -0.1) is 0 Å². The summed E-state index contributed by atoms with van der Waals surface area (Å²) in [7, 11) is 0. The standard InChI is InChI=1S/C21H32O4/c1-13(22)25-14-6-10-20(3)17-7-9-19(2)8-4-5-16(19)15(17)11-18(23)21(20,24)12-14/h14-17,24H,4-12H2,1-3H3/t14-,15-,16-,17-,19-,20+,21-/m0/s1. The first-order chi connectivity index (χ1) is 11.7. The number of Topliss-reactive ketones (excluding diaryl/α,β-unsaturated/α-hetero) is 1. The number of fused-ring (bicyclic) bond motifs is 5. The fourth-order valence-corrected chi connectivity index (χ4v) is 7.33. The summed E-state index contributed by atoms with van der Waals surface area (Å²) in [6, 6.07) is 0. The van der Waals surface area contributed by atoms with Crippen molar-refractivity contribution < 1.29 is 19.4 Å². The molecule has 4 fully saturated rings. The quantitative estimate of drug-likeness (QED) is 0.735. The molecule has 4 aliphatic rings. The minimum atomic E-state index is -1.32. The summed E-state index contributed by atoms with van der Waals surface area (Å²) in [6.07, 6.45) is 8.20. The zero-order valence-corrected chi connectivity index (χ0v) is 15.8. The molecule has 4 rings (SSSR count). The highest BCUT2D eigenvalue weighted by atomic mass is 16.5. The molecule has 7 atom stereocenters. The maximum atomic E-state index is 13.1. The van der Waals surface area contributed by atoms with Crippen molar-refractivity contribution in [2.75, 3.05) is 0 Å². The van der Waals surface area contributed by atoms with Crippen LogP contribution < -0.4 is 0 Å². The monoisotopic (exact) mass is 348 g/mol. The molecule has 0 spiro atoms. The van der Waals surface area contributed by atoms with Crippen LogP contribution in [0.5, 0.6) is 0 Å². The smallest absolute Gasteiger partial charge is 0.302 e. The lowest BCUT2D eigenvalue weighted by Crippen LogP contribution is -2.67. The fourth-order valence-electron chi connectivity index (χ4n) is 7.33. The van der Waals surface area contributed by atoms with Gasteiger partial charge in [-0.1, -0.05) is 20.3 Å². The summed E-state index contributed by atoms with van der Waals surface area (Å²) < 4.78 is 5.37. The maximum absolute atomic E-state index is 13.1. The van der Waals surface area contributed by atoms with Crippen molar-refractivity contribution in [1.82, 2.24) is 0 Å². The Bertz CT molecular complexity index is 601. The third-order valence-electron chi connectivity index (χ3n) is 8.71. The third kappa shape index (κ3) is 2.35. The van der Waals surface area contributed by atoms with Crippen molar-refractivity contribution in [2.45, 2.75) is 90.3 Å². The zero-order chi connectivity index (χ0) is 18.0. The molecule has 0 aromatic heterocycles. The van der Waals surface area contributed by atoms with Gasteiger partial charge >= 0.3 is 5.97 Å². The van der Waals surface area contributed by atoms with Crippen molar-refractivity contribution in [2.24, 2.45) is 28.6 Å². The van der Waals surface area contributed by atoms with Gasteiger partial charge in [-0.3, -0.25) is 9.59 Å². The van der Waals surface area contributed by atoms with E-state index in [1.807, 2.05) is 0 Å². The van der Waals surface area contributed by atoms with E-state index in [-0.39, 0.29) is 29.7 Å². The Morgan fingerprint density at radius 3 is 2.60 bits per heavy atom. The molecule has 1 N–H and O–H groups in total. The largest absolute Gasteiger partial charge is 0.462 e. The highest BCUT2D eigenvalue weighted by Gasteiger charge is 2.66. The molecule has 0 heterocycles. The summed E-state index contributed by atoms with van der Waals surface area (Å²) in [5.74, 6) is 1.18. The Hall–Kier alpha value is -0.900. The van der Waals surface area contributed by atoms with Gasteiger partial charge in [0.15, 0.2) is 5.78 Å². The van der Waals surface area contributed by atoms with Crippen molar-refractivity contribution >= 4 is 11.8 Å². The molecule has 0 amide bonds. The number of carbonyl (C=O) groups is 2. The van der Waals surface area contributed by atoms with Gasteiger partial charge in [-0.05, 0) is 61.7 Å². The second-order valence-corrected chi connectivity index (χ2v) is 9.84. The summed E-state index contributed by atoms with van der Waals surface area (Å²) >= 11 is 0. The molecule has 0 unspecified atom stereocenters. The van der Waals surface area contributed by atoms with Gasteiger partial charge in [-0.2, -0.15) is 0 Å². The summed E-state index contributed by atoms with van der Waals surface area (Å²) in [5.41, 5.74) is -1.28. The molecule has 140 valence electrons. The van der Waals surface area contributed by atoms with E-state index in [1.165, 1.54) is 32.6 Å².